The van der Waals surface area contributed by atoms with Crippen molar-refractivity contribution in [3.63, 3.8) is 0 Å². The van der Waals surface area contributed by atoms with Gasteiger partial charge in [0, 0.05) is 36.3 Å². The number of piperidine rings is 1. The van der Waals surface area contributed by atoms with Crippen LogP contribution in [0.4, 0.5) is 10.1 Å². The van der Waals surface area contributed by atoms with Crippen molar-refractivity contribution >= 4 is 17.5 Å². The standard InChI is InChI=1S/C22H21FN4O3/c1-14-5-6-15(23)12-17(14)22(29)27-11-3-2-4-19(27)20-13-18(26-30-20)21(28)25-16-7-9-24-10-8-16/h5-10,12-13,19H,2-4,11H2,1H3,(H,24,25,28). The Morgan fingerprint density at radius 2 is 1.97 bits per heavy atom. The van der Waals surface area contributed by atoms with Gasteiger partial charge < -0.3 is 14.7 Å². The third-order valence-corrected chi connectivity index (χ3v) is 5.22. The van der Waals surface area contributed by atoms with E-state index in [1.807, 2.05) is 0 Å². The summed E-state index contributed by atoms with van der Waals surface area (Å²) in [5, 5.41) is 6.61. The van der Waals surface area contributed by atoms with Crippen molar-refractivity contribution in [2.75, 3.05) is 11.9 Å². The number of benzene rings is 1. The monoisotopic (exact) mass is 408 g/mol. The summed E-state index contributed by atoms with van der Waals surface area (Å²) in [6.45, 7) is 2.31. The third kappa shape index (κ3) is 4.07. The van der Waals surface area contributed by atoms with E-state index in [1.54, 1.807) is 48.5 Å². The average Bonchev–Trinajstić information content (AvgIpc) is 3.26. The molecule has 0 aliphatic carbocycles. The molecule has 1 atom stereocenters. The molecule has 0 spiro atoms. The summed E-state index contributed by atoms with van der Waals surface area (Å²) < 4.78 is 19.2. The number of carbonyl (C=O) groups excluding carboxylic acids is 2. The van der Waals surface area contributed by atoms with Crippen molar-refractivity contribution in [3.8, 4) is 0 Å². The van der Waals surface area contributed by atoms with Crippen LogP contribution in [0.3, 0.4) is 0 Å². The van der Waals surface area contributed by atoms with Crippen molar-refractivity contribution in [2.24, 2.45) is 0 Å². The number of pyridine rings is 1. The molecule has 1 fully saturated rings. The topological polar surface area (TPSA) is 88.3 Å². The number of amides is 2. The highest BCUT2D eigenvalue weighted by atomic mass is 19.1. The Bertz CT molecular complexity index is 1070. The molecule has 1 aliphatic heterocycles. The number of hydrogen-bond donors (Lipinski definition) is 1. The van der Waals surface area contributed by atoms with Gasteiger partial charge in [-0.25, -0.2) is 4.39 Å². The molecule has 3 aromatic rings. The van der Waals surface area contributed by atoms with Gasteiger partial charge in [0.1, 0.15) is 5.82 Å². The Morgan fingerprint density at radius 1 is 1.17 bits per heavy atom. The predicted octanol–water partition coefficient (Wildman–Crippen LogP) is 4.14. The fourth-order valence-corrected chi connectivity index (χ4v) is 3.63. The average molecular weight is 408 g/mol. The van der Waals surface area contributed by atoms with Gasteiger partial charge in [0.15, 0.2) is 11.5 Å². The smallest absolute Gasteiger partial charge is 0.277 e. The number of hydrogen-bond acceptors (Lipinski definition) is 5. The summed E-state index contributed by atoms with van der Waals surface area (Å²) in [6.07, 6.45) is 5.59. The lowest BCUT2D eigenvalue weighted by Crippen LogP contribution is -2.38. The van der Waals surface area contributed by atoms with Crippen LogP contribution in [-0.4, -0.2) is 33.4 Å². The molecule has 154 valence electrons. The molecule has 0 radical (unpaired) electrons. The van der Waals surface area contributed by atoms with E-state index in [0.29, 0.717) is 35.5 Å². The van der Waals surface area contributed by atoms with E-state index in [2.05, 4.69) is 15.5 Å². The molecular formula is C22H21FN4O3. The van der Waals surface area contributed by atoms with Crippen LogP contribution in [0.2, 0.25) is 0 Å². The Kier molecular flexibility index (Phi) is 5.56. The summed E-state index contributed by atoms with van der Waals surface area (Å²) in [6, 6.07) is 8.73. The summed E-state index contributed by atoms with van der Waals surface area (Å²) in [5.41, 5.74) is 1.76. The van der Waals surface area contributed by atoms with Crippen LogP contribution in [0.1, 0.15) is 57.5 Å². The molecular weight excluding hydrogens is 387 g/mol. The van der Waals surface area contributed by atoms with Gasteiger partial charge in [-0.2, -0.15) is 0 Å². The van der Waals surface area contributed by atoms with Gasteiger partial charge in [-0.1, -0.05) is 11.2 Å². The van der Waals surface area contributed by atoms with Crippen LogP contribution in [0.5, 0.6) is 0 Å². The normalized spacial score (nSPS) is 16.3. The lowest BCUT2D eigenvalue weighted by molar-refractivity contribution is 0.0568. The van der Waals surface area contributed by atoms with E-state index in [-0.39, 0.29) is 17.6 Å². The molecule has 1 aromatic carbocycles. The number of likely N-dealkylation sites (tertiary alicyclic amines) is 1. The maximum absolute atomic E-state index is 13.7. The highest BCUT2D eigenvalue weighted by Crippen LogP contribution is 2.33. The molecule has 0 saturated carbocycles. The molecule has 4 rings (SSSR count). The SMILES string of the molecule is Cc1ccc(F)cc1C(=O)N1CCCCC1c1cc(C(=O)Nc2ccncc2)no1. The fraction of sp³-hybridized carbons (Fsp3) is 0.273. The maximum Gasteiger partial charge on any atom is 0.277 e. The Hall–Kier alpha value is -3.55. The Labute approximate surface area is 172 Å². The van der Waals surface area contributed by atoms with Gasteiger partial charge >= 0.3 is 0 Å². The summed E-state index contributed by atoms with van der Waals surface area (Å²) in [7, 11) is 0. The van der Waals surface area contributed by atoms with Crippen LogP contribution in [0.15, 0.2) is 53.3 Å². The van der Waals surface area contributed by atoms with E-state index in [9.17, 15) is 14.0 Å². The van der Waals surface area contributed by atoms with E-state index in [0.717, 1.165) is 12.8 Å². The number of carbonyl (C=O) groups is 2. The minimum absolute atomic E-state index is 0.127. The first kappa shape index (κ1) is 19.8. The molecule has 8 heteroatoms. The quantitative estimate of drug-likeness (QED) is 0.701. The molecule has 1 aliphatic rings. The van der Waals surface area contributed by atoms with Crippen LogP contribution in [-0.2, 0) is 0 Å². The molecule has 30 heavy (non-hydrogen) atoms. The molecule has 1 N–H and O–H groups in total. The number of halogens is 1. The van der Waals surface area contributed by atoms with Crippen molar-refractivity contribution in [3.05, 3.63) is 77.2 Å². The van der Waals surface area contributed by atoms with Gasteiger partial charge in [0.2, 0.25) is 0 Å². The number of rotatable bonds is 4. The van der Waals surface area contributed by atoms with E-state index < -0.39 is 11.7 Å². The van der Waals surface area contributed by atoms with Crippen LogP contribution >= 0.6 is 0 Å². The Balaban J connectivity index is 1.55. The van der Waals surface area contributed by atoms with Gasteiger partial charge in [-0.3, -0.25) is 14.6 Å². The van der Waals surface area contributed by atoms with Crippen LogP contribution in [0.25, 0.3) is 0 Å². The minimum Gasteiger partial charge on any atom is -0.358 e. The second-order valence-corrected chi connectivity index (χ2v) is 7.27. The van der Waals surface area contributed by atoms with E-state index in [4.69, 9.17) is 4.52 Å². The largest absolute Gasteiger partial charge is 0.358 e. The molecule has 1 saturated heterocycles. The van der Waals surface area contributed by atoms with Crippen molar-refractivity contribution in [1.82, 2.24) is 15.0 Å². The second-order valence-electron chi connectivity index (χ2n) is 7.27. The summed E-state index contributed by atoms with van der Waals surface area (Å²) >= 11 is 0. The molecule has 1 unspecified atom stereocenters. The van der Waals surface area contributed by atoms with Crippen molar-refractivity contribution < 1.29 is 18.5 Å². The number of aromatic nitrogens is 2. The van der Waals surface area contributed by atoms with Gasteiger partial charge in [0.05, 0.1) is 6.04 Å². The molecule has 0 bridgehead atoms. The molecule has 3 heterocycles. The second kappa shape index (κ2) is 8.44. The summed E-state index contributed by atoms with van der Waals surface area (Å²) in [4.78, 5) is 31.2. The lowest BCUT2D eigenvalue weighted by atomic mass is 9.97. The highest BCUT2D eigenvalue weighted by molar-refractivity contribution is 6.02. The van der Waals surface area contributed by atoms with Crippen molar-refractivity contribution in [2.45, 2.75) is 32.2 Å². The zero-order chi connectivity index (χ0) is 21.1. The minimum atomic E-state index is -0.452. The number of anilines is 1. The fourth-order valence-electron chi connectivity index (χ4n) is 3.63. The third-order valence-electron chi connectivity index (χ3n) is 5.22. The summed E-state index contributed by atoms with van der Waals surface area (Å²) in [5.74, 6) is -0.675. The Morgan fingerprint density at radius 3 is 2.77 bits per heavy atom. The molecule has 2 aromatic heterocycles. The number of nitrogens with one attached hydrogen (secondary N) is 1. The van der Waals surface area contributed by atoms with Gasteiger partial charge in [-0.05, 0) is 56.0 Å². The first-order valence-corrected chi connectivity index (χ1v) is 9.78. The van der Waals surface area contributed by atoms with E-state index in [1.165, 1.54) is 12.1 Å². The first-order valence-electron chi connectivity index (χ1n) is 9.78. The zero-order valence-corrected chi connectivity index (χ0v) is 16.5. The van der Waals surface area contributed by atoms with Gasteiger partial charge in [-0.15, -0.1) is 0 Å². The number of nitrogens with zero attached hydrogens (tertiary/aromatic N) is 3. The molecule has 2 amide bonds. The maximum atomic E-state index is 13.7. The van der Waals surface area contributed by atoms with E-state index >= 15 is 0 Å². The van der Waals surface area contributed by atoms with Crippen LogP contribution in [0, 0.1) is 12.7 Å². The first-order chi connectivity index (χ1) is 14.5. The molecule has 7 nitrogen and oxygen atoms in total. The number of aryl methyl sites for hydroxylation is 1. The van der Waals surface area contributed by atoms with Crippen LogP contribution < -0.4 is 5.32 Å². The van der Waals surface area contributed by atoms with Gasteiger partial charge in [0.25, 0.3) is 11.8 Å². The lowest BCUT2D eigenvalue weighted by Gasteiger charge is -2.34. The zero-order valence-electron chi connectivity index (χ0n) is 16.5. The highest BCUT2D eigenvalue weighted by Gasteiger charge is 2.32. The van der Waals surface area contributed by atoms with Crippen molar-refractivity contribution in [1.29, 1.82) is 0 Å². The predicted molar refractivity (Wildman–Crippen MR) is 107 cm³/mol.